The van der Waals surface area contributed by atoms with E-state index in [0.29, 0.717) is 6.42 Å². The number of nitrogens with two attached hydrogens (primary N) is 2. The second-order valence-electron chi connectivity index (χ2n) is 5.93. The number of rotatable bonds is 2. The molecule has 2 aromatic rings. The molecule has 5 N–H and O–H groups in total. The van der Waals surface area contributed by atoms with E-state index < -0.39 is 11.4 Å². The highest BCUT2D eigenvalue weighted by Crippen LogP contribution is 2.32. The SMILES string of the molecule is CC(O)c1ccccc1.NC(=O)C1(N)CCCc2ccccc21. The molecule has 0 bridgehead atoms. The Labute approximate surface area is 137 Å². The molecule has 1 aliphatic rings. The summed E-state index contributed by atoms with van der Waals surface area (Å²) in [6, 6.07) is 17.4. The first-order chi connectivity index (χ1) is 10.9. The molecule has 0 saturated heterocycles. The highest BCUT2D eigenvalue weighted by molar-refractivity contribution is 5.86. The van der Waals surface area contributed by atoms with Gasteiger partial charge in [-0.05, 0) is 42.9 Å². The van der Waals surface area contributed by atoms with Crippen LogP contribution in [0.5, 0.6) is 0 Å². The normalized spacial score (nSPS) is 20.7. The number of aryl methyl sites for hydroxylation is 1. The van der Waals surface area contributed by atoms with E-state index in [-0.39, 0.29) is 6.10 Å². The second-order valence-corrected chi connectivity index (χ2v) is 5.93. The summed E-state index contributed by atoms with van der Waals surface area (Å²) in [4.78, 5) is 11.3. The number of aliphatic hydroxyl groups excluding tert-OH is 1. The average Bonchev–Trinajstić information content (AvgIpc) is 2.56. The lowest BCUT2D eigenvalue weighted by molar-refractivity contribution is -0.123. The van der Waals surface area contributed by atoms with Crippen molar-refractivity contribution >= 4 is 5.91 Å². The van der Waals surface area contributed by atoms with Gasteiger partial charge in [0.25, 0.3) is 0 Å². The molecule has 0 fully saturated rings. The minimum atomic E-state index is -0.950. The van der Waals surface area contributed by atoms with Crippen molar-refractivity contribution in [3.05, 3.63) is 71.3 Å². The monoisotopic (exact) mass is 312 g/mol. The Bertz CT molecular complexity index is 655. The van der Waals surface area contributed by atoms with E-state index in [4.69, 9.17) is 16.6 Å². The maximum atomic E-state index is 11.3. The Kier molecular flexibility index (Phi) is 5.53. The topological polar surface area (TPSA) is 89.3 Å². The minimum Gasteiger partial charge on any atom is -0.389 e. The van der Waals surface area contributed by atoms with Crippen LogP contribution < -0.4 is 11.5 Å². The number of fused-ring (bicyclic) bond motifs is 1. The van der Waals surface area contributed by atoms with Gasteiger partial charge in [0.2, 0.25) is 5.91 Å². The number of aliphatic hydroxyl groups is 1. The summed E-state index contributed by atoms with van der Waals surface area (Å²) in [5, 5.41) is 9.02. The van der Waals surface area contributed by atoms with E-state index in [1.165, 1.54) is 0 Å². The number of carbonyl (C=O) groups excluding carboxylic acids is 1. The third kappa shape index (κ3) is 3.97. The van der Waals surface area contributed by atoms with Crippen LogP contribution in [0.2, 0.25) is 0 Å². The predicted octanol–water partition coefficient (Wildman–Crippen LogP) is 2.40. The number of hydrogen-bond acceptors (Lipinski definition) is 3. The van der Waals surface area contributed by atoms with Crippen molar-refractivity contribution in [1.29, 1.82) is 0 Å². The fourth-order valence-electron chi connectivity index (χ4n) is 2.85. The van der Waals surface area contributed by atoms with Crippen molar-refractivity contribution in [2.24, 2.45) is 11.5 Å². The van der Waals surface area contributed by atoms with Crippen LogP contribution in [-0.4, -0.2) is 11.0 Å². The first-order valence-electron chi connectivity index (χ1n) is 7.85. The molecule has 122 valence electrons. The average molecular weight is 312 g/mol. The van der Waals surface area contributed by atoms with E-state index in [1.54, 1.807) is 6.92 Å². The summed E-state index contributed by atoms with van der Waals surface area (Å²) < 4.78 is 0. The van der Waals surface area contributed by atoms with Gasteiger partial charge >= 0.3 is 0 Å². The van der Waals surface area contributed by atoms with Crippen molar-refractivity contribution < 1.29 is 9.90 Å². The van der Waals surface area contributed by atoms with Gasteiger partial charge in [0.05, 0.1) is 6.10 Å². The number of primary amides is 1. The summed E-state index contributed by atoms with van der Waals surface area (Å²) in [6.45, 7) is 1.76. The molecule has 0 aromatic heterocycles. The third-order valence-electron chi connectivity index (χ3n) is 4.24. The lowest BCUT2D eigenvalue weighted by Gasteiger charge is -2.32. The van der Waals surface area contributed by atoms with E-state index in [0.717, 1.165) is 29.5 Å². The van der Waals surface area contributed by atoms with Crippen molar-refractivity contribution in [2.45, 2.75) is 37.8 Å². The van der Waals surface area contributed by atoms with Crippen LogP contribution in [0, 0.1) is 0 Å². The number of carbonyl (C=O) groups is 1. The summed E-state index contributed by atoms with van der Waals surface area (Å²) in [5.41, 5.74) is 13.5. The molecule has 2 aromatic carbocycles. The zero-order chi connectivity index (χ0) is 16.9. The first-order valence-corrected chi connectivity index (χ1v) is 7.85. The number of benzene rings is 2. The van der Waals surface area contributed by atoms with Crippen molar-refractivity contribution in [3.8, 4) is 0 Å². The van der Waals surface area contributed by atoms with Crippen LogP contribution in [0.25, 0.3) is 0 Å². The fourth-order valence-corrected chi connectivity index (χ4v) is 2.85. The maximum absolute atomic E-state index is 11.3. The van der Waals surface area contributed by atoms with Crippen LogP contribution in [0.4, 0.5) is 0 Å². The molecule has 2 unspecified atom stereocenters. The zero-order valence-electron chi connectivity index (χ0n) is 13.4. The summed E-state index contributed by atoms with van der Waals surface area (Å²) in [7, 11) is 0. The molecule has 4 nitrogen and oxygen atoms in total. The van der Waals surface area contributed by atoms with Crippen molar-refractivity contribution in [3.63, 3.8) is 0 Å². The van der Waals surface area contributed by atoms with Gasteiger partial charge in [0.1, 0.15) is 5.54 Å². The van der Waals surface area contributed by atoms with Gasteiger partial charge in [-0.15, -0.1) is 0 Å². The van der Waals surface area contributed by atoms with E-state index in [2.05, 4.69) is 0 Å². The summed E-state index contributed by atoms with van der Waals surface area (Å²) in [5.74, 6) is -0.426. The minimum absolute atomic E-state index is 0.341. The van der Waals surface area contributed by atoms with Gasteiger partial charge in [-0.1, -0.05) is 54.6 Å². The first kappa shape index (κ1) is 17.2. The third-order valence-corrected chi connectivity index (χ3v) is 4.24. The van der Waals surface area contributed by atoms with Gasteiger partial charge in [0, 0.05) is 0 Å². The van der Waals surface area contributed by atoms with Crippen LogP contribution >= 0.6 is 0 Å². The molecule has 1 amide bonds. The van der Waals surface area contributed by atoms with E-state index in [1.807, 2.05) is 54.6 Å². The Balaban J connectivity index is 0.000000185. The Morgan fingerprint density at radius 1 is 1.13 bits per heavy atom. The van der Waals surface area contributed by atoms with Crippen molar-refractivity contribution in [1.82, 2.24) is 0 Å². The van der Waals surface area contributed by atoms with Crippen molar-refractivity contribution in [2.75, 3.05) is 0 Å². The smallest absolute Gasteiger partial charge is 0.242 e. The van der Waals surface area contributed by atoms with Gasteiger partial charge in [-0.3, -0.25) is 4.79 Å². The molecular formula is C19H24N2O2. The molecule has 0 aliphatic heterocycles. The molecule has 2 atom stereocenters. The summed E-state index contributed by atoms with van der Waals surface area (Å²) in [6.07, 6.45) is 2.23. The highest BCUT2D eigenvalue weighted by Gasteiger charge is 2.37. The molecule has 0 heterocycles. The summed E-state index contributed by atoms with van der Waals surface area (Å²) >= 11 is 0. The van der Waals surface area contributed by atoms with Gasteiger partial charge in [-0.25, -0.2) is 0 Å². The fraction of sp³-hybridized carbons (Fsp3) is 0.316. The van der Waals surface area contributed by atoms with Gasteiger partial charge < -0.3 is 16.6 Å². The predicted molar refractivity (Wildman–Crippen MR) is 91.5 cm³/mol. The Morgan fingerprint density at radius 3 is 2.30 bits per heavy atom. The second kappa shape index (κ2) is 7.40. The van der Waals surface area contributed by atoms with Crippen LogP contribution in [0.1, 0.15) is 42.6 Å². The molecule has 4 heteroatoms. The molecule has 3 rings (SSSR count). The molecular weight excluding hydrogens is 288 g/mol. The molecule has 1 aliphatic carbocycles. The number of hydrogen-bond donors (Lipinski definition) is 3. The van der Waals surface area contributed by atoms with E-state index >= 15 is 0 Å². The Morgan fingerprint density at radius 2 is 1.74 bits per heavy atom. The van der Waals surface area contributed by atoms with Gasteiger partial charge in [0.15, 0.2) is 0 Å². The van der Waals surface area contributed by atoms with E-state index in [9.17, 15) is 4.79 Å². The van der Waals surface area contributed by atoms with Gasteiger partial charge in [-0.2, -0.15) is 0 Å². The quantitative estimate of drug-likeness (QED) is 0.795. The molecule has 0 spiro atoms. The maximum Gasteiger partial charge on any atom is 0.242 e. The van der Waals surface area contributed by atoms with Crippen LogP contribution in [-0.2, 0) is 16.8 Å². The molecule has 23 heavy (non-hydrogen) atoms. The molecule has 0 radical (unpaired) electrons. The largest absolute Gasteiger partial charge is 0.389 e. The lowest BCUT2D eigenvalue weighted by atomic mass is 9.77. The number of amides is 1. The standard InChI is InChI=1S/C11H14N2O.C8H10O/c12-10(14)11(13)7-3-5-8-4-1-2-6-9(8)11;1-7(9)8-5-3-2-4-6-8/h1-2,4,6H,3,5,7,13H2,(H2,12,14);2-7,9H,1H3. The van der Waals surface area contributed by atoms with Crippen LogP contribution in [0.15, 0.2) is 54.6 Å². The molecule has 0 saturated carbocycles. The Hall–Kier alpha value is -2.17. The van der Waals surface area contributed by atoms with Crippen LogP contribution in [0.3, 0.4) is 0 Å². The highest BCUT2D eigenvalue weighted by atomic mass is 16.3. The lowest BCUT2D eigenvalue weighted by Crippen LogP contribution is -2.51. The zero-order valence-corrected chi connectivity index (χ0v) is 13.4.